The molecule has 3 nitrogen and oxygen atoms in total. The van der Waals surface area contributed by atoms with E-state index in [1.54, 1.807) is 6.08 Å². The standard InChI is InChI=1S/C19H23NO2/c1-18(2,3)8-7-13-10-14-12-19(15(13)11-17(21)22-19)16-6-4-5-9-20(14)16/h10-11,14,16H,4-6,9,12H2,1-3H3. The molecule has 3 aliphatic heterocycles. The maximum atomic E-state index is 12.0. The lowest BCUT2D eigenvalue weighted by Crippen LogP contribution is -2.48. The zero-order chi connectivity index (χ0) is 15.5. The van der Waals surface area contributed by atoms with Crippen molar-refractivity contribution in [3.63, 3.8) is 0 Å². The van der Waals surface area contributed by atoms with Crippen molar-refractivity contribution in [2.24, 2.45) is 5.41 Å². The molecule has 4 rings (SSSR count). The van der Waals surface area contributed by atoms with Gasteiger partial charge in [0.15, 0.2) is 5.60 Å². The highest BCUT2D eigenvalue weighted by atomic mass is 16.6. The molecule has 3 atom stereocenters. The largest absolute Gasteiger partial charge is 0.449 e. The summed E-state index contributed by atoms with van der Waals surface area (Å²) in [5, 5.41) is 0. The van der Waals surface area contributed by atoms with Gasteiger partial charge in [-0.15, -0.1) is 0 Å². The number of nitrogens with zero attached hydrogens (tertiary/aromatic N) is 1. The van der Waals surface area contributed by atoms with Crippen LogP contribution in [0.5, 0.6) is 0 Å². The van der Waals surface area contributed by atoms with E-state index in [-0.39, 0.29) is 11.4 Å². The van der Waals surface area contributed by atoms with E-state index in [1.807, 2.05) is 0 Å². The average Bonchev–Trinajstić information content (AvgIpc) is 2.92. The number of ether oxygens (including phenoxy) is 1. The summed E-state index contributed by atoms with van der Waals surface area (Å²) in [6.07, 6.45) is 8.47. The first kappa shape index (κ1) is 14.1. The Labute approximate surface area is 132 Å². The second-order valence-corrected chi connectivity index (χ2v) is 7.97. The van der Waals surface area contributed by atoms with Gasteiger partial charge in [0, 0.05) is 35.1 Å². The highest BCUT2D eigenvalue weighted by Crippen LogP contribution is 2.53. The van der Waals surface area contributed by atoms with Crippen LogP contribution in [0.1, 0.15) is 46.5 Å². The SMILES string of the molecule is CC(C)(C)C#CC1=CC2CC3(OC(=O)C=C13)C1CCCCN21. The van der Waals surface area contributed by atoms with Crippen molar-refractivity contribution in [2.45, 2.75) is 64.1 Å². The van der Waals surface area contributed by atoms with Crippen LogP contribution >= 0.6 is 0 Å². The molecule has 4 aliphatic rings. The molecule has 1 spiro atoms. The van der Waals surface area contributed by atoms with Gasteiger partial charge in [-0.05, 0) is 40.2 Å². The van der Waals surface area contributed by atoms with Gasteiger partial charge in [-0.25, -0.2) is 4.79 Å². The lowest BCUT2D eigenvalue weighted by Gasteiger charge is -2.38. The molecule has 2 bridgehead atoms. The normalized spacial score (nSPS) is 36.6. The van der Waals surface area contributed by atoms with Crippen molar-refractivity contribution < 1.29 is 9.53 Å². The number of esters is 1. The highest BCUT2D eigenvalue weighted by molar-refractivity contribution is 5.90. The molecule has 0 aromatic rings. The Morgan fingerprint density at radius 2 is 2.18 bits per heavy atom. The van der Waals surface area contributed by atoms with E-state index in [2.05, 4.69) is 43.6 Å². The smallest absolute Gasteiger partial charge is 0.332 e. The van der Waals surface area contributed by atoms with Gasteiger partial charge in [0.2, 0.25) is 0 Å². The van der Waals surface area contributed by atoms with E-state index >= 15 is 0 Å². The predicted molar refractivity (Wildman–Crippen MR) is 85.0 cm³/mol. The minimum atomic E-state index is -0.418. The van der Waals surface area contributed by atoms with Crippen LogP contribution in [-0.2, 0) is 9.53 Å². The Morgan fingerprint density at radius 3 is 2.95 bits per heavy atom. The van der Waals surface area contributed by atoms with Crippen LogP contribution in [0.2, 0.25) is 0 Å². The fraction of sp³-hybridized carbons (Fsp3) is 0.632. The third kappa shape index (κ3) is 1.97. The van der Waals surface area contributed by atoms with Crippen LogP contribution in [0.4, 0.5) is 0 Å². The summed E-state index contributed by atoms with van der Waals surface area (Å²) in [6.45, 7) is 7.45. The molecule has 3 unspecified atom stereocenters. The molecule has 2 fully saturated rings. The van der Waals surface area contributed by atoms with Crippen LogP contribution in [0.15, 0.2) is 23.3 Å². The number of hydrogen-bond acceptors (Lipinski definition) is 3. The van der Waals surface area contributed by atoms with Crippen molar-refractivity contribution in [2.75, 3.05) is 6.54 Å². The summed E-state index contributed by atoms with van der Waals surface area (Å²) in [6, 6.07) is 0.715. The van der Waals surface area contributed by atoms with Crippen molar-refractivity contribution in [1.82, 2.24) is 4.90 Å². The average molecular weight is 297 g/mol. The predicted octanol–water partition coefficient (Wildman–Crippen LogP) is 2.82. The first-order chi connectivity index (χ1) is 10.4. The molecule has 2 saturated heterocycles. The summed E-state index contributed by atoms with van der Waals surface area (Å²) >= 11 is 0. The number of piperidine rings is 1. The van der Waals surface area contributed by atoms with E-state index in [0.717, 1.165) is 30.5 Å². The van der Waals surface area contributed by atoms with Crippen LogP contribution in [0.3, 0.4) is 0 Å². The Morgan fingerprint density at radius 1 is 1.36 bits per heavy atom. The molecular weight excluding hydrogens is 274 g/mol. The lowest BCUT2D eigenvalue weighted by molar-refractivity contribution is -0.148. The monoisotopic (exact) mass is 297 g/mol. The quantitative estimate of drug-likeness (QED) is 0.509. The second kappa shape index (κ2) is 4.49. The number of carbonyl (C=O) groups is 1. The van der Waals surface area contributed by atoms with E-state index < -0.39 is 5.60 Å². The Hall–Kier alpha value is -1.53. The first-order valence-electron chi connectivity index (χ1n) is 8.35. The molecule has 3 heterocycles. The maximum Gasteiger partial charge on any atom is 0.332 e. The third-order valence-electron chi connectivity index (χ3n) is 5.24. The summed E-state index contributed by atoms with van der Waals surface area (Å²) < 4.78 is 5.89. The van der Waals surface area contributed by atoms with Gasteiger partial charge >= 0.3 is 5.97 Å². The number of carbonyl (C=O) groups excluding carboxylic acids is 1. The van der Waals surface area contributed by atoms with E-state index in [0.29, 0.717) is 12.1 Å². The van der Waals surface area contributed by atoms with Gasteiger partial charge in [-0.1, -0.05) is 24.3 Å². The zero-order valence-corrected chi connectivity index (χ0v) is 13.6. The maximum absolute atomic E-state index is 12.0. The van der Waals surface area contributed by atoms with Crippen LogP contribution in [0.25, 0.3) is 0 Å². The van der Waals surface area contributed by atoms with Gasteiger partial charge < -0.3 is 4.74 Å². The van der Waals surface area contributed by atoms with Gasteiger partial charge in [-0.2, -0.15) is 0 Å². The Bertz CT molecular complexity index is 655. The Balaban J connectivity index is 1.80. The topological polar surface area (TPSA) is 29.5 Å². The molecule has 0 N–H and O–H groups in total. The van der Waals surface area contributed by atoms with Crippen LogP contribution in [0, 0.1) is 17.3 Å². The lowest BCUT2D eigenvalue weighted by atomic mass is 9.76. The van der Waals surface area contributed by atoms with E-state index in [1.165, 1.54) is 12.8 Å². The first-order valence-corrected chi connectivity index (χ1v) is 8.35. The summed E-state index contributed by atoms with van der Waals surface area (Å²) in [5.41, 5.74) is 1.60. The van der Waals surface area contributed by atoms with Crippen LogP contribution < -0.4 is 0 Å². The molecule has 22 heavy (non-hydrogen) atoms. The zero-order valence-electron chi connectivity index (χ0n) is 13.6. The molecule has 116 valence electrons. The number of rotatable bonds is 0. The van der Waals surface area contributed by atoms with E-state index in [4.69, 9.17) is 4.74 Å². The molecule has 0 aromatic heterocycles. The summed E-state index contributed by atoms with van der Waals surface area (Å²) in [4.78, 5) is 14.6. The highest BCUT2D eigenvalue weighted by Gasteiger charge is 2.61. The van der Waals surface area contributed by atoms with Crippen molar-refractivity contribution >= 4 is 5.97 Å². The molecular formula is C19H23NO2. The van der Waals surface area contributed by atoms with Gasteiger partial charge in [0.25, 0.3) is 0 Å². The number of hydrogen-bond donors (Lipinski definition) is 0. The number of fused-ring (bicyclic) bond motifs is 3. The summed E-state index contributed by atoms with van der Waals surface area (Å²) in [7, 11) is 0. The minimum absolute atomic E-state index is 0.0401. The van der Waals surface area contributed by atoms with Crippen molar-refractivity contribution in [1.29, 1.82) is 0 Å². The Kier molecular flexibility index (Phi) is 2.87. The minimum Gasteiger partial charge on any atom is -0.449 e. The van der Waals surface area contributed by atoms with Crippen LogP contribution in [-0.4, -0.2) is 35.1 Å². The second-order valence-electron chi connectivity index (χ2n) is 7.97. The van der Waals surface area contributed by atoms with Crippen molar-refractivity contribution in [3.8, 4) is 11.8 Å². The van der Waals surface area contributed by atoms with Gasteiger partial charge in [-0.3, -0.25) is 4.90 Å². The molecule has 0 saturated carbocycles. The molecule has 1 aliphatic carbocycles. The van der Waals surface area contributed by atoms with Gasteiger partial charge in [0.05, 0.1) is 6.04 Å². The molecule has 0 amide bonds. The molecule has 0 aromatic carbocycles. The van der Waals surface area contributed by atoms with Gasteiger partial charge in [0.1, 0.15) is 0 Å². The van der Waals surface area contributed by atoms with Crippen molar-refractivity contribution in [3.05, 3.63) is 23.3 Å². The summed E-state index contributed by atoms with van der Waals surface area (Å²) in [5.74, 6) is 6.48. The molecule has 3 heteroatoms. The third-order valence-corrected chi connectivity index (χ3v) is 5.24. The van der Waals surface area contributed by atoms with E-state index in [9.17, 15) is 4.79 Å². The fourth-order valence-corrected chi connectivity index (χ4v) is 4.43. The molecule has 0 radical (unpaired) electrons. The fourth-order valence-electron chi connectivity index (χ4n) is 4.43.